The molecule has 3 rings (SSSR count). The van der Waals surface area contributed by atoms with Crippen LogP contribution in [0.5, 0.6) is 0 Å². The van der Waals surface area contributed by atoms with E-state index in [1.165, 1.54) is 17.8 Å². The van der Waals surface area contributed by atoms with Crippen LogP contribution in [-0.2, 0) is 11.2 Å². The zero-order valence-corrected chi connectivity index (χ0v) is 13.8. The number of carboxylic acid groups (broad SMARTS) is 1. The van der Waals surface area contributed by atoms with E-state index in [0.717, 1.165) is 12.8 Å². The van der Waals surface area contributed by atoms with Gasteiger partial charge in [0.2, 0.25) is 0 Å². The molecule has 6 heteroatoms. The standard InChI is InChI=1S/C19H20N2O4/c22-18(15-8-9-20-17(12-15)19(23)24)21-10-11-25-16(13-21)7-6-14-4-2-1-3-5-14/h1-5,8-9,12,16H,6-7,10-11,13H2,(H,23,24). The zero-order valence-electron chi connectivity index (χ0n) is 13.8. The molecule has 1 aromatic heterocycles. The summed E-state index contributed by atoms with van der Waals surface area (Å²) in [7, 11) is 0. The van der Waals surface area contributed by atoms with Gasteiger partial charge in [0.05, 0.1) is 12.7 Å². The van der Waals surface area contributed by atoms with Gasteiger partial charge in [0.15, 0.2) is 0 Å². The number of aromatic carboxylic acids is 1. The van der Waals surface area contributed by atoms with Gasteiger partial charge in [0.1, 0.15) is 5.69 Å². The van der Waals surface area contributed by atoms with Crippen molar-refractivity contribution in [2.45, 2.75) is 18.9 Å². The highest BCUT2D eigenvalue weighted by atomic mass is 16.5. The van der Waals surface area contributed by atoms with Gasteiger partial charge in [-0.15, -0.1) is 0 Å². The summed E-state index contributed by atoms with van der Waals surface area (Å²) in [4.78, 5) is 29.1. The molecule has 0 aliphatic carbocycles. The number of hydrogen-bond acceptors (Lipinski definition) is 4. The molecule has 0 saturated carbocycles. The minimum atomic E-state index is -1.14. The van der Waals surface area contributed by atoms with Crippen LogP contribution >= 0.6 is 0 Å². The van der Waals surface area contributed by atoms with Crippen LogP contribution in [0.3, 0.4) is 0 Å². The van der Waals surface area contributed by atoms with Crippen molar-refractivity contribution < 1.29 is 19.4 Å². The molecule has 1 unspecified atom stereocenters. The highest BCUT2D eigenvalue weighted by Crippen LogP contribution is 2.15. The molecule has 1 aliphatic heterocycles. The van der Waals surface area contributed by atoms with Gasteiger partial charge in [-0.05, 0) is 30.5 Å². The molecule has 1 aromatic carbocycles. The number of carbonyl (C=O) groups excluding carboxylic acids is 1. The van der Waals surface area contributed by atoms with Crippen LogP contribution in [0.1, 0.15) is 32.8 Å². The van der Waals surface area contributed by atoms with E-state index >= 15 is 0 Å². The minimum Gasteiger partial charge on any atom is -0.477 e. The zero-order chi connectivity index (χ0) is 17.6. The number of carboxylic acids is 1. The molecule has 2 heterocycles. The monoisotopic (exact) mass is 340 g/mol. The van der Waals surface area contributed by atoms with E-state index in [1.807, 2.05) is 18.2 Å². The third-order valence-corrected chi connectivity index (χ3v) is 4.25. The number of nitrogens with zero attached hydrogens (tertiary/aromatic N) is 2. The summed E-state index contributed by atoms with van der Waals surface area (Å²) < 4.78 is 5.78. The Bertz CT molecular complexity index is 748. The SMILES string of the molecule is O=C(O)c1cc(C(=O)N2CCOC(CCc3ccccc3)C2)ccn1. The summed E-state index contributed by atoms with van der Waals surface area (Å²) in [6.07, 6.45) is 3.07. The second kappa shape index (κ2) is 7.90. The Morgan fingerprint density at radius 2 is 2.04 bits per heavy atom. The number of aromatic nitrogens is 1. The first-order valence-corrected chi connectivity index (χ1v) is 8.27. The molecule has 6 nitrogen and oxygen atoms in total. The molecule has 1 fully saturated rings. The number of benzene rings is 1. The fraction of sp³-hybridized carbons (Fsp3) is 0.316. The number of rotatable bonds is 5. The van der Waals surface area contributed by atoms with Crippen molar-refractivity contribution in [3.05, 3.63) is 65.5 Å². The normalized spacial score (nSPS) is 17.3. The number of aryl methyl sites for hydroxylation is 1. The molecule has 1 atom stereocenters. The lowest BCUT2D eigenvalue weighted by Crippen LogP contribution is -2.45. The Balaban J connectivity index is 1.61. The van der Waals surface area contributed by atoms with E-state index in [0.29, 0.717) is 25.3 Å². The van der Waals surface area contributed by atoms with E-state index in [9.17, 15) is 9.59 Å². The molecule has 1 aliphatic rings. The summed E-state index contributed by atoms with van der Waals surface area (Å²) in [5, 5.41) is 9.01. The van der Waals surface area contributed by atoms with Crippen LogP contribution < -0.4 is 0 Å². The first-order valence-electron chi connectivity index (χ1n) is 8.27. The number of morpholine rings is 1. The molecule has 2 aromatic rings. The van der Waals surface area contributed by atoms with E-state index in [-0.39, 0.29) is 17.7 Å². The average Bonchev–Trinajstić information content (AvgIpc) is 2.67. The highest BCUT2D eigenvalue weighted by Gasteiger charge is 2.25. The Labute approximate surface area is 146 Å². The van der Waals surface area contributed by atoms with Gasteiger partial charge in [-0.25, -0.2) is 9.78 Å². The topological polar surface area (TPSA) is 79.7 Å². The Morgan fingerprint density at radius 1 is 1.24 bits per heavy atom. The molecule has 1 N–H and O–H groups in total. The van der Waals surface area contributed by atoms with Crippen LogP contribution in [0.15, 0.2) is 48.7 Å². The third-order valence-electron chi connectivity index (χ3n) is 4.25. The van der Waals surface area contributed by atoms with Crippen LogP contribution in [0.4, 0.5) is 0 Å². The van der Waals surface area contributed by atoms with Crippen LogP contribution in [0, 0.1) is 0 Å². The number of carbonyl (C=O) groups is 2. The van der Waals surface area contributed by atoms with Crippen LogP contribution in [0.2, 0.25) is 0 Å². The summed E-state index contributed by atoms with van der Waals surface area (Å²) >= 11 is 0. The summed E-state index contributed by atoms with van der Waals surface area (Å²) in [5.74, 6) is -1.32. The van der Waals surface area contributed by atoms with Gasteiger partial charge < -0.3 is 14.7 Å². The summed E-state index contributed by atoms with van der Waals surface area (Å²) in [6, 6.07) is 13.0. The van der Waals surface area contributed by atoms with Gasteiger partial charge in [-0.3, -0.25) is 4.79 Å². The molecule has 0 spiro atoms. The molecule has 0 radical (unpaired) electrons. The molecule has 1 saturated heterocycles. The first kappa shape index (κ1) is 17.1. The van der Waals surface area contributed by atoms with Crippen LogP contribution in [0.25, 0.3) is 0 Å². The molecular weight excluding hydrogens is 320 g/mol. The van der Waals surface area contributed by atoms with Crippen molar-refractivity contribution in [3.8, 4) is 0 Å². The maximum Gasteiger partial charge on any atom is 0.354 e. The van der Waals surface area contributed by atoms with Gasteiger partial charge in [0.25, 0.3) is 5.91 Å². The third kappa shape index (κ3) is 4.42. The van der Waals surface area contributed by atoms with Crippen LogP contribution in [-0.4, -0.2) is 52.7 Å². The van der Waals surface area contributed by atoms with Crippen molar-refractivity contribution in [1.82, 2.24) is 9.88 Å². The highest BCUT2D eigenvalue weighted by molar-refractivity contribution is 5.96. The van der Waals surface area contributed by atoms with Crippen molar-refractivity contribution in [1.29, 1.82) is 0 Å². The molecular formula is C19H20N2O4. The van der Waals surface area contributed by atoms with E-state index in [4.69, 9.17) is 9.84 Å². The molecule has 0 bridgehead atoms. The number of ether oxygens (including phenoxy) is 1. The maximum absolute atomic E-state index is 12.6. The molecule has 130 valence electrons. The molecule has 25 heavy (non-hydrogen) atoms. The minimum absolute atomic E-state index is 0.0151. The lowest BCUT2D eigenvalue weighted by molar-refractivity contribution is -0.0246. The van der Waals surface area contributed by atoms with E-state index in [2.05, 4.69) is 17.1 Å². The number of amides is 1. The second-order valence-corrected chi connectivity index (χ2v) is 6.00. The Kier molecular flexibility index (Phi) is 5.40. The van der Waals surface area contributed by atoms with Gasteiger partial charge in [-0.2, -0.15) is 0 Å². The lowest BCUT2D eigenvalue weighted by Gasteiger charge is -2.33. The fourth-order valence-electron chi connectivity index (χ4n) is 2.91. The van der Waals surface area contributed by atoms with Crippen molar-refractivity contribution in [2.75, 3.05) is 19.7 Å². The maximum atomic E-state index is 12.6. The second-order valence-electron chi connectivity index (χ2n) is 6.00. The van der Waals surface area contributed by atoms with Crippen molar-refractivity contribution in [2.24, 2.45) is 0 Å². The van der Waals surface area contributed by atoms with Crippen molar-refractivity contribution in [3.63, 3.8) is 0 Å². The summed E-state index contributed by atoms with van der Waals surface area (Å²) in [6.45, 7) is 1.50. The Hall–Kier alpha value is -2.73. The van der Waals surface area contributed by atoms with Crippen molar-refractivity contribution >= 4 is 11.9 Å². The number of pyridine rings is 1. The Morgan fingerprint density at radius 3 is 2.80 bits per heavy atom. The predicted octanol–water partition coefficient (Wildman–Crippen LogP) is 2.25. The lowest BCUT2D eigenvalue weighted by atomic mass is 10.1. The smallest absolute Gasteiger partial charge is 0.354 e. The predicted molar refractivity (Wildman–Crippen MR) is 91.6 cm³/mol. The van der Waals surface area contributed by atoms with E-state index in [1.54, 1.807) is 11.0 Å². The summed E-state index contributed by atoms with van der Waals surface area (Å²) in [5.41, 5.74) is 1.46. The largest absolute Gasteiger partial charge is 0.477 e. The van der Waals surface area contributed by atoms with Gasteiger partial charge >= 0.3 is 5.97 Å². The van der Waals surface area contributed by atoms with Gasteiger partial charge in [-0.1, -0.05) is 30.3 Å². The first-order chi connectivity index (χ1) is 12.1. The fourth-order valence-corrected chi connectivity index (χ4v) is 2.91. The quantitative estimate of drug-likeness (QED) is 0.903. The molecule has 1 amide bonds. The van der Waals surface area contributed by atoms with E-state index < -0.39 is 5.97 Å². The average molecular weight is 340 g/mol. The number of hydrogen-bond donors (Lipinski definition) is 1. The van der Waals surface area contributed by atoms with Gasteiger partial charge in [0, 0.05) is 24.8 Å².